The molecule has 0 unspecified atom stereocenters. The molecule has 2 atom stereocenters. The molecule has 9 nitrogen and oxygen atoms in total. The Hall–Kier alpha value is -4.18. The zero-order valence-electron chi connectivity index (χ0n) is 25.6. The molecule has 3 fully saturated rings. The third kappa shape index (κ3) is 5.46. The Labute approximate surface area is 265 Å². The molecule has 0 aliphatic carbocycles. The highest BCUT2D eigenvalue weighted by Crippen LogP contribution is 2.42. The Morgan fingerprint density at radius 3 is 2.85 bits per heavy atom. The molecule has 46 heavy (non-hydrogen) atoms. The lowest BCUT2D eigenvalue weighted by Crippen LogP contribution is -2.43. The number of fused-ring (bicyclic) bond motifs is 3. The van der Waals surface area contributed by atoms with Gasteiger partial charge in [0.1, 0.15) is 35.6 Å². The SMILES string of the molecule is C#Cc1c(F)ccc2cc(OCOC)cc(-c3ncc4c(N5CCCCCN5)nc(OC[C@@]56CCCN5C[C@H](F)C6)nc4c3F)c12. The summed E-state index contributed by atoms with van der Waals surface area (Å²) < 4.78 is 63.3. The third-order valence-electron chi connectivity index (χ3n) is 9.27. The molecule has 3 saturated heterocycles. The second kappa shape index (κ2) is 12.5. The van der Waals surface area contributed by atoms with Gasteiger partial charge in [0.2, 0.25) is 0 Å². The maximum Gasteiger partial charge on any atom is 0.319 e. The fourth-order valence-electron chi connectivity index (χ4n) is 7.12. The lowest BCUT2D eigenvalue weighted by Gasteiger charge is -2.31. The zero-order chi connectivity index (χ0) is 31.8. The Bertz CT molecular complexity index is 1830. The molecule has 12 heteroatoms. The number of terminal acetylenes is 1. The first-order valence-corrected chi connectivity index (χ1v) is 15.6. The van der Waals surface area contributed by atoms with Crippen molar-refractivity contribution in [2.45, 2.75) is 50.2 Å². The van der Waals surface area contributed by atoms with E-state index in [0.717, 1.165) is 45.2 Å². The number of nitrogens with zero attached hydrogens (tertiary/aromatic N) is 5. The molecule has 2 aromatic heterocycles. The summed E-state index contributed by atoms with van der Waals surface area (Å²) in [5, 5.41) is 3.13. The van der Waals surface area contributed by atoms with E-state index >= 15 is 4.39 Å². The monoisotopic (exact) mass is 632 g/mol. The average molecular weight is 633 g/mol. The standard InChI is InChI=1S/C34H35F3N6O3/c1-3-24-27(36)9-8-21-14-23(46-20-44-2)15-25(28(21)24)30-29(37)31-26(17-38-30)32(43-13-6-4-5-11-39-43)41-33(40-31)45-19-34-10-7-12-42(34)18-22(35)16-34/h1,8-9,14-15,17,22,39H,4-7,10-13,16,18-20H2,2H3/t22-,34+/m1/s1. The molecule has 7 rings (SSSR count). The van der Waals surface area contributed by atoms with Crippen LogP contribution in [0.3, 0.4) is 0 Å². The molecule has 3 aliphatic heterocycles. The largest absolute Gasteiger partial charge is 0.468 e. The minimum absolute atomic E-state index is 0.00877. The smallest absolute Gasteiger partial charge is 0.319 e. The van der Waals surface area contributed by atoms with Crippen molar-refractivity contribution in [3.8, 4) is 35.4 Å². The van der Waals surface area contributed by atoms with Gasteiger partial charge in [-0.2, -0.15) is 9.97 Å². The third-order valence-corrected chi connectivity index (χ3v) is 9.27. The molecule has 0 saturated carbocycles. The van der Waals surface area contributed by atoms with Crippen molar-refractivity contribution >= 4 is 27.5 Å². The Balaban J connectivity index is 1.38. The van der Waals surface area contributed by atoms with Crippen LogP contribution < -0.4 is 19.9 Å². The number of nitrogens with one attached hydrogen (secondary N) is 1. The van der Waals surface area contributed by atoms with E-state index in [1.54, 1.807) is 18.2 Å². The van der Waals surface area contributed by atoms with Crippen LogP contribution in [0.2, 0.25) is 0 Å². The number of halogens is 3. The van der Waals surface area contributed by atoms with Gasteiger partial charge in [0.25, 0.3) is 0 Å². The minimum Gasteiger partial charge on any atom is -0.468 e. The number of aromatic nitrogens is 3. The van der Waals surface area contributed by atoms with Crippen LogP contribution in [0.15, 0.2) is 30.5 Å². The fourth-order valence-corrected chi connectivity index (χ4v) is 7.12. The molecule has 0 amide bonds. The van der Waals surface area contributed by atoms with Crippen molar-refractivity contribution in [1.29, 1.82) is 0 Å². The van der Waals surface area contributed by atoms with Gasteiger partial charge in [0, 0.05) is 50.3 Å². The van der Waals surface area contributed by atoms with E-state index in [0.29, 0.717) is 47.2 Å². The molecular formula is C34H35F3N6O3. The highest BCUT2D eigenvalue weighted by Gasteiger charge is 2.49. The lowest BCUT2D eigenvalue weighted by molar-refractivity contribution is 0.0512. The van der Waals surface area contributed by atoms with Gasteiger partial charge in [0.05, 0.1) is 16.5 Å². The first-order valence-electron chi connectivity index (χ1n) is 15.6. The number of anilines is 1. The van der Waals surface area contributed by atoms with Crippen molar-refractivity contribution in [1.82, 2.24) is 25.3 Å². The van der Waals surface area contributed by atoms with E-state index in [4.69, 9.17) is 25.6 Å². The summed E-state index contributed by atoms with van der Waals surface area (Å²) in [4.78, 5) is 16.0. The molecule has 0 radical (unpaired) electrons. The van der Waals surface area contributed by atoms with Crippen molar-refractivity contribution in [3.05, 3.63) is 47.7 Å². The summed E-state index contributed by atoms with van der Waals surface area (Å²) >= 11 is 0. The molecule has 3 aliphatic rings. The summed E-state index contributed by atoms with van der Waals surface area (Å²) in [6, 6.07) is 6.07. The van der Waals surface area contributed by atoms with Crippen molar-refractivity contribution < 1.29 is 27.4 Å². The second-order valence-corrected chi connectivity index (χ2v) is 12.2. The number of ether oxygens (including phenoxy) is 3. The van der Waals surface area contributed by atoms with E-state index in [1.165, 1.54) is 19.4 Å². The summed E-state index contributed by atoms with van der Waals surface area (Å²) in [6.45, 7) is 2.71. The minimum atomic E-state index is -0.916. The Kier molecular flexibility index (Phi) is 8.31. The summed E-state index contributed by atoms with van der Waals surface area (Å²) in [5.41, 5.74) is 3.08. The van der Waals surface area contributed by atoms with E-state index in [9.17, 15) is 8.78 Å². The number of benzene rings is 2. The van der Waals surface area contributed by atoms with Gasteiger partial charge in [-0.3, -0.25) is 14.9 Å². The van der Waals surface area contributed by atoms with Gasteiger partial charge in [-0.1, -0.05) is 18.4 Å². The van der Waals surface area contributed by atoms with Gasteiger partial charge in [-0.25, -0.2) is 18.6 Å². The molecule has 1 N–H and O–H groups in total. The maximum atomic E-state index is 16.9. The van der Waals surface area contributed by atoms with Crippen LogP contribution in [-0.2, 0) is 4.74 Å². The van der Waals surface area contributed by atoms with Gasteiger partial charge >= 0.3 is 6.01 Å². The van der Waals surface area contributed by atoms with Crippen LogP contribution in [0.5, 0.6) is 11.8 Å². The van der Waals surface area contributed by atoms with Crippen LogP contribution in [0.25, 0.3) is 32.9 Å². The van der Waals surface area contributed by atoms with Gasteiger partial charge in [0.15, 0.2) is 18.4 Å². The fraction of sp³-hybridized carbons (Fsp3) is 0.441. The van der Waals surface area contributed by atoms with Crippen LogP contribution in [0.4, 0.5) is 19.0 Å². The van der Waals surface area contributed by atoms with E-state index in [2.05, 4.69) is 26.2 Å². The van der Waals surface area contributed by atoms with Crippen LogP contribution >= 0.6 is 0 Å². The van der Waals surface area contributed by atoms with E-state index < -0.39 is 23.3 Å². The number of hydrogen-bond acceptors (Lipinski definition) is 9. The maximum absolute atomic E-state index is 16.9. The Morgan fingerprint density at radius 2 is 2.00 bits per heavy atom. The van der Waals surface area contributed by atoms with Crippen LogP contribution in [0.1, 0.15) is 44.1 Å². The number of hydrazine groups is 1. The highest BCUT2D eigenvalue weighted by atomic mass is 19.1. The van der Waals surface area contributed by atoms with Gasteiger partial charge in [-0.05, 0) is 55.8 Å². The molecule has 2 aromatic carbocycles. The molecular weight excluding hydrogens is 597 g/mol. The van der Waals surface area contributed by atoms with Crippen molar-refractivity contribution in [2.24, 2.45) is 0 Å². The summed E-state index contributed by atoms with van der Waals surface area (Å²) in [7, 11) is 1.49. The van der Waals surface area contributed by atoms with E-state index in [-0.39, 0.29) is 41.7 Å². The van der Waals surface area contributed by atoms with Crippen LogP contribution in [-0.4, -0.2) is 78.3 Å². The molecule has 5 heterocycles. The summed E-state index contributed by atoms with van der Waals surface area (Å²) in [5.74, 6) is 1.86. The molecule has 4 aromatic rings. The van der Waals surface area contributed by atoms with Crippen molar-refractivity contribution in [3.63, 3.8) is 0 Å². The first-order chi connectivity index (χ1) is 22.4. The van der Waals surface area contributed by atoms with Crippen LogP contribution in [0, 0.1) is 24.0 Å². The van der Waals surface area contributed by atoms with E-state index in [1.807, 2.05) is 5.01 Å². The van der Waals surface area contributed by atoms with Gasteiger partial charge in [-0.15, -0.1) is 6.42 Å². The Morgan fingerprint density at radius 1 is 1.11 bits per heavy atom. The lowest BCUT2D eigenvalue weighted by atomic mass is 9.95. The number of rotatable bonds is 8. The number of hydrogen-bond donors (Lipinski definition) is 1. The quantitative estimate of drug-likeness (QED) is 0.199. The number of alkyl halides is 1. The molecule has 0 bridgehead atoms. The highest BCUT2D eigenvalue weighted by molar-refractivity contribution is 6.03. The molecule has 0 spiro atoms. The predicted molar refractivity (Wildman–Crippen MR) is 168 cm³/mol. The van der Waals surface area contributed by atoms with Gasteiger partial charge < -0.3 is 14.2 Å². The average Bonchev–Trinajstić information content (AvgIpc) is 3.44. The normalized spacial score (nSPS) is 21.8. The number of pyridine rings is 1. The topological polar surface area (TPSA) is 84.9 Å². The second-order valence-electron chi connectivity index (χ2n) is 12.2. The first kappa shape index (κ1) is 30.5. The summed E-state index contributed by atoms with van der Waals surface area (Å²) in [6.07, 6.45) is 11.4. The predicted octanol–water partition coefficient (Wildman–Crippen LogP) is 5.54. The van der Waals surface area contributed by atoms with Crippen molar-refractivity contribution in [2.75, 3.05) is 51.7 Å². The molecule has 240 valence electrons. The number of methoxy groups -OCH3 is 1. The zero-order valence-corrected chi connectivity index (χ0v) is 25.6.